The van der Waals surface area contributed by atoms with Crippen molar-refractivity contribution >= 4 is 34.0 Å². The van der Waals surface area contributed by atoms with Gasteiger partial charge in [0.25, 0.3) is 0 Å². The number of hydrogen-bond donors (Lipinski definition) is 0. The third kappa shape index (κ3) is 2.56. The number of para-hydroxylation sites is 1. The second kappa shape index (κ2) is 5.74. The molecule has 0 saturated heterocycles. The number of rotatable bonds is 2. The molecule has 0 fully saturated rings. The summed E-state index contributed by atoms with van der Waals surface area (Å²) in [5.41, 5.74) is 4.07. The molecular weight excluding hydrogens is 359 g/mol. The highest BCUT2D eigenvalue weighted by Crippen LogP contribution is 2.39. The number of fused-ring (bicyclic) bond motifs is 1. The molecule has 0 amide bonds. The molecule has 1 atom stereocenters. The Morgan fingerprint density at radius 1 is 1.05 bits per heavy atom. The van der Waals surface area contributed by atoms with Crippen LogP contribution in [0.5, 0.6) is 0 Å². The lowest BCUT2D eigenvalue weighted by molar-refractivity contribution is 0.281. The van der Waals surface area contributed by atoms with Gasteiger partial charge in [-0.25, -0.2) is 0 Å². The van der Waals surface area contributed by atoms with E-state index in [0.717, 1.165) is 13.0 Å². The van der Waals surface area contributed by atoms with Crippen LogP contribution in [0.3, 0.4) is 0 Å². The molecule has 1 unspecified atom stereocenters. The van der Waals surface area contributed by atoms with Gasteiger partial charge in [-0.1, -0.05) is 18.2 Å². The molecule has 0 aliphatic carbocycles. The van der Waals surface area contributed by atoms with E-state index in [-0.39, 0.29) is 0 Å². The minimum Gasteiger partial charge on any atom is -0.341 e. The fourth-order valence-corrected chi connectivity index (χ4v) is 3.33. The molecule has 0 N–H and O–H groups in total. The zero-order valence-electron chi connectivity index (χ0n) is 11.9. The highest BCUT2D eigenvalue weighted by Gasteiger charge is 2.26. The van der Waals surface area contributed by atoms with Crippen LogP contribution < -0.4 is 4.90 Å². The van der Waals surface area contributed by atoms with Crippen molar-refractivity contribution in [1.29, 1.82) is 0 Å². The Morgan fingerprint density at radius 3 is 2.45 bits per heavy atom. The summed E-state index contributed by atoms with van der Waals surface area (Å²) < 4.78 is 1.28. The first-order valence-electron chi connectivity index (χ1n) is 6.95. The maximum absolute atomic E-state index is 2.44. The molecule has 2 aromatic rings. The highest BCUT2D eigenvalue weighted by atomic mass is 127. The number of nitrogens with zero attached hydrogens (tertiary/aromatic N) is 2. The maximum atomic E-state index is 2.44. The molecule has 1 aliphatic heterocycles. The SMILES string of the molecule is CN(C)C1CCN(c2ccc(I)cc2)c2ccccc21. The average molecular weight is 378 g/mol. The number of anilines is 2. The molecule has 3 rings (SSSR count). The predicted octanol–water partition coefficient (Wildman–Crippen LogP) is 4.44. The minimum atomic E-state index is 0.520. The predicted molar refractivity (Wildman–Crippen MR) is 93.7 cm³/mol. The molecule has 104 valence electrons. The van der Waals surface area contributed by atoms with Crippen LogP contribution in [0.4, 0.5) is 11.4 Å². The van der Waals surface area contributed by atoms with Gasteiger partial charge in [0.15, 0.2) is 0 Å². The zero-order chi connectivity index (χ0) is 14.1. The number of halogens is 1. The average Bonchev–Trinajstić information content (AvgIpc) is 2.47. The molecule has 1 heterocycles. The molecule has 3 heteroatoms. The van der Waals surface area contributed by atoms with Gasteiger partial charge in [0.05, 0.1) is 0 Å². The first-order chi connectivity index (χ1) is 9.66. The maximum Gasteiger partial charge on any atom is 0.0459 e. The van der Waals surface area contributed by atoms with E-state index in [4.69, 9.17) is 0 Å². The van der Waals surface area contributed by atoms with E-state index >= 15 is 0 Å². The Morgan fingerprint density at radius 2 is 1.75 bits per heavy atom. The zero-order valence-corrected chi connectivity index (χ0v) is 14.0. The van der Waals surface area contributed by atoms with Gasteiger partial charge in [-0.3, -0.25) is 0 Å². The highest BCUT2D eigenvalue weighted by molar-refractivity contribution is 14.1. The van der Waals surface area contributed by atoms with Crippen molar-refractivity contribution in [2.75, 3.05) is 25.5 Å². The Kier molecular flexibility index (Phi) is 3.98. The molecule has 20 heavy (non-hydrogen) atoms. The Labute approximate surface area is 134 Å². The third-order valence-electron chi connectivity index (χ3n) is 3.97. The van der Waals surface area contributed by atoms with Gasteiger partial charge in [-0.2, -0.15) is 0 Å². The largest absolute Gasteiger partial charge is 0.341 e. The Hall–Kier alpha value is -1.07. The van der Waals surface area contributed by atoms with E-state index in [1.807, 2.05) is 0 Å². The lowest BCUT2D eigenvalue weighted by Gasteiger charge is -2.38. The van der Waals surface area contributed by atoms with E-state index in [2.05, 4.69) is 95.0 Å². The van der Waals surface area contributed by atoms with Crippen molar-refractivity contribution in [2.45, 2.75) is 12.5 Å². The number of hydrogen-bond acceptors (Lipinski definition) is 2. The van der Waals surface area contributed by atoms with Crippen LogP contribution in [0.2, 0.25) is 0 Å². The van der Waals surface area contributed by atoms with Gasteiger partial charge in [0.2, 0.25) is 0 Å². The molecule has 2 aromatic carbocycles. The smallest absolute Gasteiger partial charge is 0.0459 e. The van der Waals surface area contributed by atoms with Gasteiger partial charge >= 0.3 is 0 Å². The van der Waals surface area contributed by atoms with E-state index < -0.39 is 0 Å². The van der Waals surface area contributed by atoms with Crippen molar-refractivity contribution in [1.82, 2.24) is 4.90 Å². The van der Waals surface area contributed by atoms with Gasteiger partial charge in [-0.05, 0) is 79.0 Å². The first-order valence-corrected chi connectivity index (χ1v) is 8.03. The molecule has 0 aromatic heterocycles. The summed E-state index contributed by atoms with van der Waals surface area (Å²) in [5.74, 6) is 0. The number of benzene rings is 2. The fraction of sp³-hybridized carbons (Fsp3) is 0.294. The Bertz CT molecular complexity index is 592. The van der Waals surface area contributed by atoms with E-state index in [0.29, 0.717) is 6.04 Å². The fourth-order valence-electron chi connectivity index (χ4n) is 2.97. The van der Waals surface area contributed by atoms with Gasteiger partial charge in [0.1, 0.15) is 0 Å². The van der Waals surface area contributed by atoms with Crippen molar-refractivity contribution in [3.05, 3.63) is 57.7 Å². The topological polar surface area (TPSA) is 6.48 Å². The minimum absolute atomic E-state index is 0.520. The second-order valence-corrected chi connectivity index (χ2v) is 6.70. The monoisotopic (exact) mass is 378 g/mol. The van der Waals surface area contributed by atoms with Crippen molar-refractivity contribution in [2.24, 2.45) is 0 Å². The standard InChI is InChI=1S/C17H19IN2/c1-19(2)16-11-12-20(14-9-7-13(18)8-10-14)17-6-4-3-5-15(16)17/h3-10,16H,11-12H2,1-2H3. The molecule has 0 radical (unpaired) electrons. The van der Waals surface area contributed by atoms with E-state index in [1.54, 1.807) is 0 Å². The molecule has 0 spiro atoms. The van der Waals surface area contributed by atoms with Crippen LogP contribution in [0, 0.1) is 3.57 Å². The molecule has 0 saturated carbocycles. The van der Waals surface area contributed by atoms with Gasteiger partial charge < -0.3 is 9.80 Å². The van der Waals surface area contributed by atoms with Crippen LogP contribution in [0.1, 0.15) is 18.0 Å². The van der Waals surface area contributed by atoms with Crippen LogP contribution in [0.25, 0.3) is 0 Å². The van der Waals surface area contributed by atoms with Crippen LogP contribution >= 0.6 is 22.6 Å². The van der Waals surface area contributed by atoms with Crippen molar-refractivity contribution < 1.29 is 0 Å². The van der Waals surface area contributed by atoms with E-state index in [9.17, 15) is 0 Å². The normalized spacial score (nSPS) is 18.2. The summed E-state index contributed by atoms with van der Waals surface area (Å²) in [6, 6.07) is 18.1. The molecular formula is C17H19IN2. The second-order valence-electron chi connectivity index (χ2n) is 5.45. The quantitative estimate of drug-likeness (QED) is 0.714. The lowest BCUT2D eigenvalue weighted by atomic mass is 9.95. The van der Waals surface area contributed by atoms with Crippen LogP contribution in [-0.4, -0.2) is 25.5 Å². The summed E-state index contributed by atoms with van der Waals surface area (Å²) >= 11 is 2.35. The molecule has 2 nitrogen and oxygen atoms in total. The Balaban J connectivity index is 2.02. The van der Waals surface area contributed by atoms with E-state index in [1.165, 1.54) is 20.5 Å². The summed E-state index contributed by atoms with van der Waals surface area (Å²) in [4.78, 5) is 4.76. The van der Waals surface area contributed by atoms with Gasteiger partial charge in [-0.15, -0.1) is 0 Å². The van der Waals surface area contributed by atoms with Gasteiger partial charge in [0, 0.05) is 27.5 Å². The summed E-state index contributed by atoms with van der Waals surface area (Å²) in [5, 5.41) is 0. The first kappa shape index (κ1) is 13.9. The van der Waals surface area contributed by atoms with Crippen LogP contribution in [0.15, 0.2) is 48.5 Å². The van der Waals surface area contributed by atoms with Crippen molar-refractivity contribution in [3.63, 3.8) is 0 Å². The summed E-state index contributed by atoms with van der Waals surface area (Å²) in [6.07, 6.45) is 1.16. The van der Waals surface area contributed by atoms with Crippen LogP contribution in [-0.2, 0) is 0 Å². The summed E-state index contributed by atoms with van der Waals surface area (Å²) in [7, 11) is 4.34. The summed E-state index contributed by atoms with van der Waals surface area (Å²) in [6.45, 7) is 1.07. The third-order valence-corrected chi connectivity index (χ3v) is 4.69. The lowest BCUT2D eigenvalue weighted by Crippen LogP contribution is -2.32. The molecule has 0 bridgehead atoms. The molecule has 1 aliphatic rings. The van der Waals surface area contributed by atoms with Crippen molar-refractivity contribution in [3.8, 4) is 0 Å².